The molecule has 33 heavy (non-hydrogen) atoms. The number of carbonyl (C=O) groups excluding carboxylic acids is 1. The van der Waals surface area contributed by atoms with Gasteiger partial charge in [0.25, 0.3) is 5.91 Å². The molecule has 1 aromatic carbocycles. The van der Waals surface area contributed by atoms with Crippen LogP contribution in [-0.4, -0.2) is 31.5 Å². The van der Waals surface area contributed by atoms with Crippen molar-refractivity contribution in [3.8, 4) is 5.69 Å². The van der Waals surface area contributed by atoms with Crippen LogP contribution in [0.25, 0.3) is 11.8 Å². The predicted octanol–water partition coefficient (Wildman–Crippen LogP) is 6.20. The molecule has 5 fully saturated rings. The lowest BCUT2D eigenvalue weighted by Crippen LogP contribution is -2.49. The van der Waals surface area contributed by atoms with E-state index in [2.05, 4.69) is 50.4 Å². The summed E-state index contributed by atoms with van der Waals surface area (Å²) >= 11 is 7.01. The van der Waals surface area contributed by atoms with E-state index in [0.29, 0.717) is 16.8 Å². The largest absolute Gasteiger partial charge is 0.293 e. The number of benzene rings is 1. The average Bonchev–Trinajstić information content (AvgIpc) is 3.31. The van der Waals surface area contributed by atoms with E-state index in [9.17, 15) is 4.79 Å². The van der Waals surface area contributed by atoms with Gasteiger partial charge in [-0.2, -0.15) is 5.10 Å². The van der Waals surface area contributed by atoms with E-state index in [0.717, 1.165) is 33.9 Å². The Morgan fingerprint density at radius 1 is 1.12 bits per heavy atom. The third-order valence-electron chi connectivity index (χ3n) is 8.01. The summed E-state index contributed by atoms with van der Waals surface area (Å²) in [6.45, 7) is 4.92. The van der Waals surface area contributed by atoms with E-state index >= 15 is 0 Å². The second-order valence-electron chi connectivity index (χ2n) is 11.1. The number of amides is 1. The lowest BCUT2D eigenvalue weighted by atomic mass is 9.48. The second-order valence-corrected chi connectivity index (χ2v) is 12.8. The molecule has 7 rings (SSSR count). The highest BCUT2D eigenvalue weighted by Gasteiger charge is 2.53. The quantitative estimate of drug-likeness (QED) is 0.380. The summed E-state index contributed by atoms with van der Waals surface area (Å²) in [4.78, 5) is 15.7. The van der Waals surface area contributed by atoms with Gasteiger partial charge in [-0.05, 0) is 80.4 Å². The third kappa shape index (κ3) is 3.79. The number of aromatic nitrogens is 2. The molecule has 2 heterocycles. The first-order chi connectivity index (χ1) is 15.9. The first kappa shape index (κ1) is 21.6. The summed E-state index contributed by atoms with van der Waals surface area (Å²) in [7, 11) is 0. The minimum absolute atomic E-state index is 0.0441. The van der Waals surface area contributed by atoms with Crippen LogP contribution in [0.5, 0.6) is 0 Å². The smallest absolute Gasteiger partial charge is 0.266 e. The van der Waals surface area contributed by atoms with Crippen molar-refractivity contribution < 1.29 is 4.79 Å². The highest BCUT2D eigenvalue weighted by molar-refractivity contribution is 8.26. The van der Waals surface area contributed by atoms with E-state index in [1.165, 1.54) is 56.0 Å². The lowest BCUT2D eigenvalue weighted by molar-refractivity contribution is -0.122. The molecule has 172 valence electrons. The van der Waals surface area contributed by atoms with E-state index in [-0.39, 0.29) is 11.3 Å². The highest BCUT2D eigenvalue weighted by atomic mass is 32.2. The topological polar surface area (TPSA) is 38.1 Å². The van der Waals surface area contributed by atoms with Crippen molar-refractivity contribution in [2.75, 3.05) is 6.54 Å². The normalized spacial score (nSPS) is 32.0. The fourth-order valence-electron chi connectivity index (χ4n) is 7.18. The fraction of sp³-hybridized carbons (Fsp3) is 0.519. The third-order valence-corrected chi connectivity index (χ3v) is 9.39. The van der Waals surface area contributed by atoms with Gasteiger partial charge >= 0.3 is 0 Å². The van der Waals surface area contributed by atoms with Crippen LogP contribution in [0.15, 0.2) is 41.4 Å². The van der Waals surface area contributed by atoms with E-state index in [4.69, 9.17) is 17.3 Å². The van der Waals surface area contributed by atoms with Gasteiger partial charge in [0.1, 0.15) is 4.32 Å². The zero-order chi connectivity index (χ0) is 22.7. The molecular weight excluding hydrogens is 446 g/mol. The summed E-state index contributed by atoms with van der Waals surface area (Å²) in [5.41, 5.74) is 3.53. The molecule has 1 aromatic heterocycles. The van der Waals surface area contributed by atoms with Crippen LogP contribution in [0.3, 0.4) is 0 Å². The summed E-state index contributed by atoms with van der Waals surface area (Å²) in [5, 5.41) is 5.23. The van der Waals surface area contributed by atoms with Crippen LogP contribution in [0.4, 0.5) is 0 Å². The summed E-state index contributed by atoms with van der Waals surface area (Å²) in [5.74, 6) is 2.96. The molecule has 0 spiro atoms. The summed E-state index contributed by atoms with van der Waals surface area (Å²) < 4.78 is 2.70. The highest BCUT2D eigenvalue weighted by Crippen LogP contribution is 2.61. The Hall–Kier alpha value is -1.92. The number of para-hydroxylation sites is 1. The van der Waals surface area contributed by atoms with Gasteiger partial charge in [0.05, 0.1) is 16.3 Å². The Kier molecular flexibility index (Phi) is 5.29. The first-order valence-electron chi connectivity index (χ1n) is 12.3. The van der Waals surface area contributed by atoms with Gasteiger partial charge in [-0.3, -0.25) is 9.69 Å². The van der Waals surface area contributed by atoms with Crippen molar-refractivity contribution in [3.05, 3.63) is 52.7 Å². The van der Waals surface area contributed by atoms with Gasteiger partial charge in [-0.15, -0.1) is 0 Å². The minimum atomic E-state index is 0.0441. The Balaban J connectivity index is 1.43. The molecule has 6 heteroatoms. The van der Waals surface area contributed by atoms with Crippen molar-refractivity contribution in [3.63, 3.8) is 0 Å². The van der Waals surface area contributed by atoms with Crippen LogP contribution in [0.2, 0.25) is 0 Å². The second kappa shape index (κ2) is 8.09. The van der Waals surface area contributed by atoms with Gasteiger partial charge in [0, 0.05) is 23.7 Å². The van der Waals surface area contributed by atoms with Crippen LogP contribution in [0.1, 0.15) is 63.6 Å². The molecule has 4 aliphatic carbocycles. The van der Waals surface area contributed by atoms with Gasteiger partial charge in [-0.1, -0.05) is 56.0 Å². The molecule has 1 saturated heterocycles. The van der Waals surface area contributed by atoms with Crippen molar-refractivity contribution in [1.82, 2.24) is 14.7 Å². The zero-order valence-electron chi connectivity index (χ0n) is 19.4. The summed E-state index contributed by atoms with van der Waals surface area (Å²) in [6, 6.07) is 10.3. The van der Waals surface area contributed by atoms with E-state index in [1.54, 1.807) is 4.90 Å². The predicted molar refractivity (Wildman–Crippen MR) is 138 cm³/mol. The number of thiocarbonyl (C=S) groups is 1. The molecule has 5 aliphatic rings. The molecule has 1 aliphatic heterocycles. The Morgan fingerprint density at radius 2 is 1.76 bits per heavy atom. The van der Waals surface area contributed by atoms with Crippen LogP contribution < -0.4 is 0 Å². The fourth-order valence-corrected chi connectivity index (χ4v) is 8.45. The molecule has 0 atom stereocenters. The first-order valence-corrected chi connectivity index (χ1v) is 13.5. The van der Waals surface area contributed by atoms with E-state index in [1.807, 2.05) is 10.7 Å². The molecule has 2 aromatic rings. The van der Waals surface area contributed by atoms with E-state index < -0.39 is 0 Å². The van der Waals surface area contributed by atoms with Crippen molar-refractivity contribution >= 4 is 40.3 Å². The molecular formula is C27H31N3OS2. The maximum absolute atomic E-state index is 13.2. The lowest BCUT2D eigenvalue weighted by Gasteiger charge is -2.56. The molecule has 1 amide bonds. The van der Waals surface area contributed by atoms with Crippen LogP contribution >= 0.6 is 24.0 Å². The number of carbonyl (C=O) groups is 1. The van der Waals surface area contributed by atoms with Gasteiger partial charge < -0.3 is 0 Å². The molecule has 4 nitrogen and oxygen atoms in total. The maximum atomic E-state index is 13.2. The van der Waals surface area contributed by atoms with Gasteiger partial charge in [-0.25, -0.2) is 4.68 Å². The number of rotatable bonds is 5. The number of nitrogens with zero attached hydrogens (tertiary/aromatic N) is 3. The SMILES string of the molecule is CC(C)CN1C(=O)C(=Cc2cn(-c3ccccc3)nc2C23CC4CC(CC(C4)C2)C3)SC1=S. The molecule has 4 bridgehead atoms. The van der Waals surface area contributed by atoms with Gasteiger partial charge in [0.15, 0.2) is 0 Å². The summed E-state index contributed by atoms with van der Waals surface area (Å²) in [6.07, 6.45) is 12.2. The molecule has 4 saturated carbocycles. The van der Waals surface area contributed by atoms with Crippen LogP contribution in [0, 0.1) is 23.7 Å². The van der Waals surface area contributed by atoms with Crippen molar-refractivity contribution in [2.24, 2.45) is 23.7 Å². The number of hydrogen-bond acceptors (Lipinski definition) is 4. The zero-order valence-corrected chi connectivity index (χ0v) is 21.0. The van der Waals surface area contributed by atoms with Crippen molar-refractivity contribution in [2.45, 2.75) is 57.8 Å². The Labute approximate surface area is 205 Å². The molecule has 0 unspecified atom stereocenters. The van der Waals surface area contributed by atoms with Crippen molar-refractivity contribution in [1.29, 1.82) is 0 Å². The Bertz CT molecular complexity index is 1100. The standard InChI is InChI=1S/C27H31N3OS2/c1-17(2)15-29-25(31)23(33-26(29)32)11-21-16-30(22-6-4-3-5-7-22)28-24(21)27-12-18-8-19(13-27)10-20(9-18)14-27/h3-7,11,16-20H,8-10,12-15H2,1-2H3. The average molecular weight is 478 g/mol. The maximum Gasteiger partial charge on any atom is 0.266 e. The minimum Gasteiger partial charge on any atom is -0.293 e. The number of thioether (sulfide) groups is 1. The van der Waals surface area contributed by atoms with Gasteiger partial charge in [0.2, 0.25) is 0 Å². The monoisotopic (exact) mass is 477 g/mol. The molecule has 0 radical (unpaired) electrons. The Morgan fingerprint density at radius 3 is 2.36 bits per heavy atom. The number of hydrogen-bond donors (Lipinski definition) is 0. The molecule has 0 N–H and O–H groups in total. The van der Waals surface area contributed by atoms with Crippen LogP contribution in [-0.2, 0) is 10.2 Å².